The number of hydrogen-bond donors (Lipinski definition) is 2. The molecule has 1 atom stereocenters. The molecule has 0 saturated carbocycles. The summed E-state index contributed by atoms with van der Waals surface area (Å²) in [6.07, 6.45) is 5.25. The van der Waals surface area contributed by atoms with Gasteiger partial charge in [0.25, 0.3) is 0 Å². The van der Waals surface area contributed by atoms with E-state index in [0.29, 0.717) is 53.4 Å². The zero-order valence-electron chi connectivity index (χ0n) is 25.2. The van der Waals surface area contributed by atoms with E-state index >= 15 is 0 Å². The number of benzene rings is 2. The summed E-state index contributed by atoms with van der Waals surface area (Å²) in [6, 6.07) is 10.5. The van der Waals surface area contributed by atoms with Crippen molar-refractivity contribution in [3.8, 4) is 5.75 Å². The van der Waals surface area contributed by atoms with Crippen LogP contribution >= 0.6 is 11.6 Å². The smallest absolute Gasteiger partial charge is 0.247 e. The average Bonchev–Trinajstić information content (AvgIpc) is 3.57. The zero-order chi connectivity index (χ0) is 31.3. The van der Waals surface area contributed by atoms with Crippen molar-refractivity contribution in [2.24, 2.45) is 0 Å². The number of morpholine rings is 1. The maximum absolute atomic E-state index is 14.9. The van der Waals surface area contributed by atoms with E-state index in [2.05, 4.69) is 37.0 Å². The van der Waals surface area contributed by atoms with E-state index in [1.165, 1.54) is 18.5 Å². The van der Waals surface area contributed by atoms with Crippen LogP contribution in [0.1, 0.15) is 30.9 Å². The Morgan fingerprint density at radius 1 is 1.09 bits per heavy atom. The lowest BCUT2D eigenvalue weighted by molar-refractivity contribution is -0.111. The number of hydroxylamine groups is 1. The number of rotatable bonds is 9. The summed E-state index contributed by atoms with van der Waals surface area (Å²) < 4.78 is 26.2. The largest absolute Gasteiger partial charge is 0.494 e. The van der Waals surface area contributed by atoms with Crippen molar-refractivity contribution in [1.82, 2.24) is 14.9 Å². The minimum absolute atomic E-state index is 0.0563. The van der Waals surface area contributed by atoms with Crippen molar-refractivity contribution in [2.75, 3.05) is 73.7 Å². The Kier molecular flexibility index (Phi) is 9.64. The van der Waals surface area contributed by atoms with Gasteiger partial charge >= 0.3 is 0 Å². The molecule has 45 heavy (non-hydrogen) atoms. The molecule has 0 aliphatic carbocycles. The first-order valence-electron chi connectivity index (χ1n) is 15.1. The van der Waals surface area contributed by atoms with Crippen molar-refractivity contribution in [1.29, 1.82) is 0 Å². The average molecular weight is 638 g/mol. The molecular formula is C32H37ClFN7O4. The van der Waals surface area contributed by atoms with Crippen molar-refractivity contribution in [3.63, 3.8) is 0 Å². The molecule has 3 aliphatic heterocycles. The molecular weight excluding hydrogens is 601 g/mol. The Hall–Kier alpha value is -3.97. The predicted octanol–water partition coefficient (Wildman–Crippen LogP) is 5.33. The molecule has 0 radical (unpaired) electrons. The fourth-order valence-electron chi connectivity index (χ4n) is 6.22. The zero-order valence-corrected chi connectivity index (χ0v) is 25.9. The molecule has 1 aromatic heterocycles. The number of hydrogen-bond acceptors (Lipinski definition) is 10. The molecule has 0 unspecified atom stereocenters. The van der Waals surface area contributed by atoms with Gasteiger partial charge in [-0.15, -0.1) is 0 Å². The summed E-state index contributed by atoms with van der Waals surface area (Å²) in [5.74, 6) is 0.697. The van der Waals surface area contributed by atoms with Gasteiger partial charge in [-0.2, -0.15) is 0 Å². The van der Waals surface area contributed by atoms with Crippen LogP contribution in [0.25, 0.3) is 0 Å². The van der Waals surface area contributed by atoms with Crippen molar-refractivity contribution < 1.29 is 23.5 Å². The Morgan fingerprint density at radius 2 is 1.89 bits per heavy atom. The highest BCUT2D eigenvalue weighted by molar-refractivity contribution is 6.30. The van der Waals surface area contributed by atoms with Crippen LogP contribution in [0.2, 0.25) is 5.02 Å². The van der Waals surface area contributed by atoms with Crippen LogP contribution in [0.15, 0.2) is 55.4 Å². The fourth-order valence-corrected chi connectivity index (χ4v) is 6.41. The van der Waals surface area contributed by atoms with Crippen LogP contribution in [0.3, 0.4) is 0 Å². The van der Waals surface area contributed by atoms with E-state index in [4.69, 9.17) is 25.9 Å². The van der Waals surface area contributed by atoms with Gasteiger partial charge in [0.15, 0.2) is 5.82 Å². The van der Waals surface area contributed by atoms with Crippen LogP contribution < -0.4 is 25.3 Å². The third-order valence-electron chi connectivity index (χ3n) is 8.51. The first-order valence-corrected chi connectivity index (χ1v) is 15.5. The molecule has 13 heteroatoms. The maximum atomic E-state index is 14.9. The van der Waals surface area contributed by atoms with Gasteiger partial charge in [0.2, 0.25) is 5.91 Å². The van der Waals surface area contributed by atoms with E-state index in [1.54, 1.807) is 30.4 Å². The number of nitrogens with zero attached hydrogens (tertiary/aromatic N) is 5. The van der Waals surface area contributed by atoms with Gasteiger partial charge in [0.1, 0.15) is 23.7 Å². The van der Waals surface area contributed by atoms with E-state index in [9.17, 15) is 9.18 Å². The Morgan fingerprint density at radius 3 is 2.64 bits per heavy atom. The van der Waals surface area contributed by atoms with Crippen LogP contribution in [-0.2, 0) is 14.4 Å². The standard InChI is InChI=1S/C32H37ClFN7O4/c1-3-31(42)38-24-17-25(28(43-2)18-27(24)40-10-7-21(8-11-40)39-12-15-44-16-13-39)37-29-19-30(36-20-35-29)41-26(9-14-45-41)22-5-4-6-23(33)32(22)34/h3-6,17-21,26H,1,7-16H2,2H3,(H,38,42)(H,35,36,37)/t26-/m1/s1. The molecule has 2 N–H and O–H groups in total. The molecule has 0 spiro atoms. The number of amides is 1. The van der Waals surface area contributed by atoms with Crippen LogP contribution in [0.5, 0.6) is 5.75 Å². The van der Waals surface area contributed by atoms with Crippen LogP contribution in [0, 0.1) is 5.82 Å². The van der Waals surface area contributed by atoms with E-state index in [-0.39, 0.29) is 10.9 Å². The van der Waals surface area contributed by atoms with Crippen LogP contribution in [0.4, 0.5) is 33.1 Å². The van der Waals surface area contributed by atoms with Gasteiger partial charge in [0, 0.05) is 56.3 Å². The molecule has 3 fully saturated rings. The number of ether oxygens (including phenoxy) is 2. The Labute approximate surface area is 266 Å². The molecule has 2 aromatic carbocycles. The van der Waals surface area contributed by atoms with Crippen molar-refractivity contribution in [3.05, 3.63) is 71.8 Å². The monoisotopic (exact) mass is 637 g/mol. The molecule has 1 amide bonds. The number of halogens is 2. The van der Waals surface area contributed by atoms with Gasteiger partial charge in [-0.05, 0) is 31.1 Å². The van der Waals surface area contributed by atoms with Crippen molar-refractivity contribution in [2.45, 2.75) is 31.3 Å². The van der Waals surface area contributed by atoms with Gasteiger partial charge in [-0.3, -0.25) is 14.5 Å². The summed E-state index contributed by atoms with van der Waals surface area (Å²) in [4.78, 5) is 32.0. The van der Waals surface area contributed by atoms with Crippen molar-refractivity contribution >= 4 is 46.2 Å². The topological polar surface area (TPSA) is 104 Å². The molecule has 3 aliphatic rings. The summed E-state index contributed by atoms with van der Waals surface area (Å²) in [5, 5.41) is 7.92. The van der Waals surface area contributed by atoms with E-state index in [0.717, 1.165) is 57.9 Å². The normalized spacial score (nSPS) is 19.4. The molecule has 3 aromatic rings. The molecule has 4 heterocycles. The highest BCUT2D eigenvalue weighted by atomic mass is 35.5. The van der Waals surface area contributed by atoms with Crippen LogP contribution in [-0.4, -0.2) is 79.9 Å². The minimum Gasteiger partial charge on any atom is -0.494 e. The summed E-state index contributed by atoms with van der Waals surface area (Å²) in [7, 11) is 1.60. The maximum Gasteiger partial charge on any atom is 0.247 e. The molecule has 6 rings (SSSR count). The number of piperidine rings is 1. The number of carbonyl (C=O) groups is 1. The number of anilines is 5. The molecule has 3 saturated heterocycles. The SMILES string of the molecule is C=CC(=O)Nc1cc(Nc2cc(N3OCC[C@@H]3c3cccc(Cl)c3F)ncn2)c(OC)cc1N1CCC(N2CCOCC2)CC1. The summed E-state index contributed by atoms with van der Waals surface area (Å²) >= 11 is 6.06. The lowest BCUT2D eigenvalue weighted by Crippen LogP contribution is -2.49. The number of nitrogens with one attached hydrogen (secondary N) is 2. The number of carbonyl (C=O) groups excluding carboxylic acids is 1. The first-order chi connectivity index (χ1) is 21.9. The van der Waals surface area contributed by atoms with E-state index in [1.807, 2.05) is 12.1 Å². The molecule has 0 bridgehead atoms. The second-order valence-electron chi connectivity index (χ2n) is 11.1. The lowest BCUT2D eigenvalue weighted by Gasteiger charge is -2.41. The summed E-state index contributed by atoms with van der Waals surface area (Å²) in [6.45, 7) is 9.20. The Balaban J connectivity index is 1.24. The quantitative estimate of drug-likeness (QED) is 0.299. The van der Waals surface area contributed by atoms with E-state index < -0.39 is 11.9 Å². The van der Waals surface area contributed by atoms with Gasteiger partial charge in [-0.25, -0.2) is 19.4 Å². The third kappa shape index (κ3) is 6.84. The molecule has 238 valence electrons. The predicted molar refractivity (Wildman–Crippen MR) is 172 cm³/mol. The van der Waals surface area contributed by atoms with Gasteiger partial charge < -0.3 is 25.0 Å². The fraction of sp³-hybridized carbons (Fsp3) is 0.406. The Bertz CT molecular complexity index is 1530. The number of aromatic nitrogens is 2. The number of methoxy groups -OCH3 is 1. The van der Waals surface area contributed by atoms with Gasteiger partial charge in [-0.1, -0.05) is 30.3 Å². The lowest BCUT2D eigenvalue weighted by atomic mass is 10.0. The van der Waals surface area contributed by atoms with Gasteiger partial charge in [0.05, 0.1) is 55.1 Å². The highest BCUT2D eigenvalue weighted by Gasteiger charge is 2.32. The second-order valence-corrected chi connectivity index (χ2v) is 11.5. The first kappa shape index (κ1) is 31.0. The highest BCUT2D eigenvalue weighted by Crippen LogP contribution is 2.41. The minimum atomic E-state index is -0.476. The third-order valence-corrected chi connectivity index (χ3v) is 8.81. The second kappa shape index (κ2) is 14.0. The summed E-state index contributed by atoms with van der Waals surface area (Å²) in [5.41, 5.74) is 2.52. The molecule has 11 nitrogen and oxygen atoms in total.